The van der Waals surface area contributed by atoms with E-state index in [9.17, 15) is 31.1 Å². The fraction of sp³-hybridized carbons (Fsp3) is 0.188. The Morgan fingerprint density at radius 3 is 2.35 bits per heavy atom. The first-order valence-electron chi connectivity index (χ1n) is 6.92. The van der Waals surface area contributed by atoms with Crippen molar-refractivity contribution >= 4 is 11.6 Å². The maximum absolute atomic E-state index is 13.1. The van der Waals surface area contributed by atoms with Crippen molar-refractivity contribution in [2.45, 2.75) is 12.8 Å². The van der Waals surface area contributed by atoms with E-state index in [-0.39, 0.29) is 17.4 Å². The van der Waals surface area contributed by atoms with Gasteiger partial charge in [-0.05, 0) is 36.4 Å². The van der Waals surface area contributed by atoms with Gasteiger partial charge in [0.15, 0.2) is 11.5 Å². The Labute approximate surface area is 143 Å². The average molecular weight is 379 g/mol. The summed E-state index contributed by atoms with van der Waals surface area (Å²) >= 11 is 0. The van der Waals surface area contributed by atoms with Crippen LogP contribution in [0.4, 0.5) is 32.0 Å². The topological polar surface area (TPSA) is 47.6 Å². The molecule has 1 amide bonds. The normalized spacial score (nSPS) is 11.4. The summed E-state index contributed by atoms with van der Waals surface area (Å²) in [6.07, 6.45) is -4.91. The number of rotatable bonds is 5. The molecule has 0 saturated heterocycles. The average Bonchev–Trinajstić information content (AvgIpc) is 2.54. The van der Waals surface area contributed by atoms with Crippen molar-refractivity contribution in [3.63, 3.8) is 0 Å². The molecule has 2 aromatic carbocycles. The van der Waals surface area contributed by atoms with Gasteiger partial charge in [-0.15, -0.1) is 0 Å². The Balaban J connectivity index is 2.34. The smallest absolute Gasteiger partial charge is 0.418 e. The number of halogens is 6. The van der Waals surface area contributed by atoms with Crippen LogP contribution >= 0.6 is 0 Å². The Hall–Kier alpha value is -2.91. The number of alkyl halides is 5. The Morgan fingerprint density at radius 1 is 1.08 bits per heavy atom. The molecule has 0 aromatic heterocycles. The first-order valence-corrected chi connectivity index (χ1v) is 6.92. The summed E-state index contributed by atoms with van der Waals surface area (Å²) < 4.78 is 85.7. The number of methoxy groups -OCH3 is 1. The maximum Gasteiger partial charge on any atom is 0.418 e. The zero-order valence-corrected chi connectivity index (χ0v) is 13.0. The number of ether oxygens (including phenoxy) is 2. The van der Waals surface area contributed by atoms with Crippen molar-refractivity contribution in [1.82, 2.24) is 0 Å². The number of amides is 1. The van der Waals surface area contributed by atoms with E-state index >= 15 is 0 Å². The number of hydrogen-bond donors (Lipinski definition) is 1. The number of nitrogens with one attached hydrogen (secondary N) is 1. The zero-order valence-electron chi connectivity index (χ0n) is 13.0. The minimum atomic E-state index is -4.91. The molecule has 0 unspecified atom stereocenters. The molecule has 0 aliphatic rings. The summed E-state index contributed by atoms with van der Waals surface area (Å²) in [6.45, 7) is -3.20. The van der Waals surface area contributed by atoms with Crippen molar-refractivity contribution in [2.75, 3.05) is 12.4 Å². The van der Waals surface area contributed by atoms with Crippen molar-refractivity contribution in [1.29, 1.82) is 0 Å². The highest BCUT2D eigenvalue weighted by molar-refractivity contribution is 6.05. The molecule has 10 heteroatoms. The summed E-state index contributed by atoms with van der Waals surface area (Å²) in [6, 6.07) is 4.89. The van der Waals surface area contributed by atoms with Crippen LogP contribution in [-0.4, -0.2) is 19.6 Å². The number of carbonyl (C=O) groups excluding carboxylic acids is 1. The van der Waals surface area contributed by atoms with Gasteiger partial charge in [-0.3, -0.25) is 4.79 Å². The van der Waals surface area contributed by atoms with Gasteiger partial charge in [0, 0.05) is 5.56 Å². The minimum absolute atomic E-state index is 0.0976. The molecule has 0 aliphatic heterocycles. The molecular weight excluding hydrogens is 368 g/mol. The van der Waals surface area contributed by atoms with E-state index in [4.69, 9.17) is 4.74 Å². The molecule has 0 heterocycles. The molecule has 140 valence electrons. The van der Waals surface area contributed by atoms with E-state index in [1.807, 2.05) is 5.32 Å². The Bertz CT molecular complexity index is 807. The number of hydrogen-bond acceptors (Lipinski definition) is 3. The van der Waals surface area contributed by atoms with Crippen LogP contribution in [0.2, 0.25) is 0 Å². The van der Waals surface area contributed by atoms with E-state index in [0.717, 1.165) is 30.3 Å². The number of carbonyl (C=O) groups is 1. The highest BCUT2D eigenvalue weighted by Gasteiger charge is 2.34. The lowest BCUT2D eigenvalue weighted by Crippen LogP contribution is -2.17. The van der Waals surface area contributed by atoms with Crippen LogP contribution in [0.5, 0.6) is 11.5 Å². The van der Waals surface area contributed by atoms with Crippen LogP contribution in [-0.2, 0) is 6.18 Å². The van der Waals surface area contributed by atoms with Gasteiger partial charge in [-0.25, -0.2) is 4.39 Å². The quantitative estimate of drug-likeness (QED) is 0.766. The molecule has 1 N–H and O–H groups in total. The fourth-order valence-electron chi connectivity index (χ4n) is 2.06. The zero-order chi connectivity index (χ0) is 19.5. The minimum Gasteiger partial charge on any atom is -0.493 e. The van der Waals surface area contributed by atoms with Crippen molar-refractivity contribution in [3.05, 3.63) is 53.3 Å². The van der Waals surface area contributed by atoms with Gasteiger partial charge in [0.2, 0.25) is 0 Å². The fourth-order valence-corrected chi connectivity index (χ4v) is 2.06. The molecule has 0 saturated carbocycles. The van der Waals surface area contributed by atoms with E-state index in [0.29, 0.717) is 0 Å². The van der Waals surface area contributed by atoms with Crippen molar-refractivity contribution < 1.29 is 40.6 Å². The van der Waals surface area contributed by atoms with Crippen LogP contribution in [0.25, 0.3) is 0 Å². The Morgan fingerprint density at radius 2 is 1.77 bits per heavy atom. The predicted octanol–water partition coefficient (Wildman–Crippen LogP) is 4.71. The summed E-state index contributed by atoms with van der Waals surface area (Å²) in [5, 5.41) is 1.97. The lowest BCUT2D eigenvalue weighted by molar-refractivity contribution is -0.137. The lowest BCUT2D eigenvalue weighted by Gasteiger charge is -2.15. The number of benzene rings is 2. The van der Waals surface area contributed by atoms with E-state index in [2.05, 4.69) is 4.74 Å². The molecular formula is C16H11F6NO3. The molecule has 0 atom stereocenters. The summed E-state index contributed by atoms with van der Waals surface area (Å²) in [5.41, 5.74) is -2.33. The van der Waals surface area contributed by atoms with Gasteiger partial charge in [-0.2, -0.15) is 22.0 Å². The van der Waals surface area contributed by atoms with Gasteiger partial charge >= 0.3 is 12.8 Å². The standard InChI is InChI=1S/C16H11F6NO3/c1-25-12-5-2-8(6-13(12)26-15(18)19)14(24)23-11-4-3-9(17)7-10(11)16(20,21)22/h2-7,15H,1H3,(H,23,24). The van der Waals surface area contributed by atoms with Gasteiger partial charge in [0.05, 0.1) is 18.4 Å². The summed E-state index contributed by atoms with van der Waals surface area (Å²) in [4.78, 5) is 12.2. The number of anilines is 1. The van der Waals surface area contributed by atoms with Crippen LogP contribution in [0.15, 0.2) is 36.4 Å². The van der Waals surface area contributed by atoms with E-state index in [1.54, 1.807) is 0 Å². The van der Waals surface area contributed by atoms with Crippen molar-refractivity contribution in [2.24, 2.45) is 0 Å². The van der Waals surface area contributed by atoms with Gasteiger partial charge in [0.1, 0.15) is 5.82 Å². The van der Waals surface area contributed by atoms with Crippen LogP contribution in [0.1, 0.15) is 15.9 Å². The first-order chi connectivity index (χ1) is 12.1. The lowest BCUT2D eigenvalue weighted by atomic mass is 10.1. The second-order valence-electron chi connectivity index (χ2n) is 4.89. The van der Waals surface area contributed by atoms with Crippen LogP contribution in [0, 0.1) is 5.82 Å². The first kappa shape index (κ1) is 19.4. The maximum atomic E-state index is 13.1. The van der Waals surface area contributed by atoms with Crippen LogP contribution in [0.3, 0.4) is 0 Å². The molecule has 0 bridgehead atoms. The molecule has 26 heavy (non-hydrogen) atoms. The third-order valence-electron chi connectivity index (χ3n) is 3.18. The monoisotopic (exact) mass is 379 g/mol. The highest BCUT2D eigenvalue weighted by Crippen LogP contribution is 2.36. The molecule has 0 spiro atoms. The summed E-state index contributed by atoms with van der Waals surface area (Å²) in [5.74, 6) is -2.74. The molecule has 4 nitrogen and oxygen atoms in total. The third-order valence-corrected chi connectivity index (χ3v) is 3.18. The third kappa shape index (κ3) is 4.58. The van der Waals surface area contributed by atoms with Crippen LogP contribution < -0.4 is 14.8 Å². The van der Waals surface area contributed by atoms with Gasteiger partial charge in [0.25, 0.3) is 5.91 Å². The second-order valence-corrected chi connectivity index (χ2v) is 4.89. The van der Waals surface area contributed by atoms with Gasteiger partial charge in [-0.1, -0.05) is 0 Å². The molecule has 2 rings (SSSR count). The van der Waals surface area contributed by atoms with E-state index in [1.165, 1.54) is 7.11 Å². The molecule has 2 aromatic rings. The van der Waals surface area contributed by atoms with Gasteiger partial charge < -0.3 is 14.8 Å². The van der Waals surface area contributed by atoms with E-state index < -0.39 is 41.5 Å². The SMILES string of the molecule is COc1ccc(C(=O)Nc2ccc(F)cc2C(F)(F)F)cc1OC(F)F. The molecule has 0 radical (unpaired) electrons. The largest absolute Gasteiger partial charge is 0.493 e. The van der Waals surface area contributed by atoms with Crippen molar-refractivity contribution in [3.8, 4) is 11.5 Å². The molecule has 0 aliphatic carbocycles. The summed E-state index contributed by atoms with van der Waals surface area (Å²) in [7, 11) is 1.18. The molecule has 0 fully saturated rings. The second kappa shape index (κ2) is 7.54. The Kier molecular flexibility index (Phi) is 5.63. The predicted molar refractivity (Wildman–Crippen MR) is 79.0 cm³/mol. The highest BCUT2D eigenvalue weighted by atomic mass is 19.4.